The van der Waals surface area contributed by atoms with Crippen molar-refractivity contribution < 1.29 is 0 Å². The minimum atomic E-state index is 0.0240. The molecule has 1 aliphatic heterocycles. The van der Waals surface area contributed by atoms with Crippen molar-refractivity contribution in [2.75, 3.05) is 31.1 Å². The summed E-state index contributed by atoms with van der Waals surface area (Å²) in [6, 6.07) is 1.73. The molecule has 0 atom stereocenters. The maximum absolute atomic E-state index is 12.0. The van der Waals surface area contributed by atoms with Crippen LogP contribution in [-0.2, 0) is 6.54 Å². The monoisotopic (exact) mass is 278 g/mol. The molecule has 0 unspecified atom stereocenters. The summed E-state index contributed by atoms with van der Waals surface area (Å²) in [7, 11) is 0. The molecule has 0 spiro atoms. The minimum Gasteiger partial charge on any atom is -0.370 e. The van der Waals surface area contributed by atoms with E-state index in [2.05, 4.69) is 22.2 Å². The molecular weight excluding hydrogens is 252 g/mol. The number of hydrogen-bond donors (Lipinski definition) is 1. The highest BCUT2D eigenvalue weighted by atomic mass is 16.1. The van der Waals surface area contributed by atoms with E-state index in [0.29, 0.717) is 6.54 Å². The predicted molar refractivity (Wildman–Crippen MR) is 82.3 cm³/mol. The van der Waals surface area contributed by atoms with E-state index >= 15 is 0 Å². The van der Waals surface area contributed by atoms with Crippen molar-refractivity contribution in [1.29, 1.82) is 0 Å². The van der Waals surface area contributed by atoms with Gasteiger partial charge in [0.25, 0.3) is 5.56 Å². The van der Waals surface area contributed by atoms with E-state index in [-0.39, 0.29) is 5.56 Å². The lowest BCUT2D eigenvalue weighted by Gasteiger charge is -2.17. The Hall–Kier alpha value is -1.36. The van der Waals surface area contributed by atoms with Crippen LogP contribution in [0, 0.1) is 0 Å². The first-order valence-corrected chi connectivity index (χ1v) is 7.84. The molecule has 0 aliphatic carbocycles. The first-order chi connectivity index (χ1) is 9.81. The minimum absolute atomic E-state index is 0.0240. The van der Waals surface area contributed by atoms with Crippen LogP contribution in [0.5, 0.6) is 0 Å². The van der Waals surface area contributed by atoms with Gasteiger partial charge in [-0.25, -0.2) is 4.68 Å². The molecule has 5 heteroatoms. The molecule has 0 aromatic carbocycles. The molecule has 2 heterocycles. The van der Waals surface area contributed by atoms with Gasteiger partial charge in [0.1, 0.15) is 0 Å². The maximum Gasteiger partial charge on any atom is 0.268 e. The van der Waals surface area contributed by atoms with Crippen LogP contribution in [0.3, 0.4) is 0 Å². The second-order valence-electron chi connectivity index (χ2n) is 5.43. The van der Waals surface area contributed by atoms with E-state index in [1.165, 1.54) is 19.3 Å². The van der Waals surface area contributed by atoms with Crippen LogP contribution >= 0.6 is 0 Å². The fourth-order valence-electron chi connectivity index (χ4n) is 2.55. The number of unbranched alkanes of at least 4 members (excludes halogenated alkanes) is 1. The Kier molecular flexibility index (Phi) is 6.05. The van der Waals surface area contributed by atoms with Crippen molar-refractivity contribution in [3.05, 3.63) is 22.6 Å². The third kappa shape index (κ3) is 4.34. The third-order valence-corrected chi connectivity index (χ3v) is 3.73. The number of hydrogen-bond acceptors (Lipinski definition) is 4. The first kappa shape index (κ1) is 15.0. The van der Waals surface area contributed by atoms with Gasteiger partial charge >= 0.3 is 0 Å². The lowest BCUT2D eigenvalue weighted by atomic mass is 10.3. The van der Waals surface area contributed by atoms with Crippen molar-refractivity contribution in [1.82, 2.24) is 15.1 Å². The van der Waals surface area contributed by atoms with Gasteiger partial charge in [-0.2, -0.15) is 5.10 Å². The number of rotatable bonds is 8. The van der Waals surface area contributed by atoms with Crippen molar-refractivity contribution >= 4 is 5.69 Å². The summed E-state index contributed by atoms with van der Waals surface area (Å²) < 4.78 is 1.58. The summed E-state index contributed by atoms with van der Waals surface area (Å²) in [6.07, 6.45) is 7.51. The van der Waals surface area contributed by atoms with Crippen LogP contribution in [0.1, 0.15) is 39.0 Å². The number of aromatic nitrogens is 2. The van der Waals surface area contributed by atoms with Crippen LogP contribution in [0.4, 0.5) is 5.69 Å². The number of nitrogens with zero attached hydrogens (tertiary/aromatic N) is 3. The molecule has 2 rings (SSSR count). The maximum atomic E-state index is 12.0. The molecule has 112 valence electrons. The van der Waals surface area contributed by atoms with Crippen molar-refractivity contribution in [3.63, 3.8) is 0 Å². The van der Waals surface area contributed by atoms with Crippen LogP contribution in [0.2, 0.25) is 0 Å². The summed E-state index contributed by atoms with van der Waals surface area (Å²) in [4.78, 5) is 14.3. The van der Waals surface area contributed by atoms with E-state index in [4.69, 9.17) is 0 Å². The standard InChI is InChI=1S/C15H26N4O/c1-2-7-16-8-3-4-11-19-15(20)12-14(13-17-19)18-9-5-6-10-18/h12-13,16H,2-11H2,1H3. The Bertz CT molecular complexity index is 451. The van der Waals surface area contributed by atoms with Gasteiger partial charge in [-0.3, -0.25) is 4.79 Å². The summed E-state index contributed by atoms with van der Waals surface area (Å²) >= 11 is 0. The summed E-state index contributed by atoms with van der Waals surface area (Å²) in [6.45, 7) is 7.07. The summed E-state index contributed by atoms with van der Waals surface area (Å²) in [5, 5.41) is 7.67. The second-order valence-corrected chi connectivity index (χ2v) is 5.43. The molecular formula is C15H26N4O. The van der Waals surface area contributed by atoms with Crippen LogP contribution in [-0.4, -0.2) is 36.0 Å². The van der Waals surface area contributed by atoms with Gasteiger partial charge in [0.05, 0.1) is 11.9 Å². The third-order valence-electron chi connectivity index (χ3n) is 3.73. The van der Waals surface area contributed by atoms with Crippen LogP contribution in [0.15, 0.2) is 17.1 Å². The molecule has 0 saturated carbocycles. The average molecular weight is 278 g/mol. The van der Waals surface area contributed by atoms with E-state index < -0.39 is 0 Å². The number of aryl methyl sites for hydroxylation is 1. The van der Waals surface area contributed by atoms with Gasteiger partial charge in [-0.1, -0.05) is 6.92 Å². The zero-order valence-corrected chi connectivity index (χ0v) is 12.5. The summed E-state index contributed by atoms with van der Waals surface area (Å²) in [5.41, 5.74) is 1.00. The van der Waals surface area contributed by atoms with E-state index in [1.54, 1.807) is 10.7 Å². The molecule has 1 aliphatic rings. The fourth-order valence-corrected chi connectivity index (χ4v) is 2.55. The van der Waals surface area contributed by atoms with E-state index in [0.717, 1.165) is 44.7 Å². The Morgan fingerprint density at radius 3 is 2.75 bits per heavy atom. The fraction of sp³-hybridized carbons (Fsp3) is 0.733. The highest BCUT2D eigenvalue weighted by Gasteiger charge is 2.13. The lowest BCUT2D eigenvalue weighted by Crippen LogP contribution is -2.26. The highest BCUT2D eigenvalue weighted by Crippen LogP contribution is 2.16. The molecule has 1 N–H and O–H groups in total. The largest absolute Gasteiger partial charge is 0.370 e. The van der Waals surface area contributed by atoms with Gasteiger partial charge in [-0.05, 0) is 45.2 Å². The number of anilines is 1. The Morgan fingerprint density at radius 1 is 1.25 bits per heavy atom. The second kappa shape index (κ2) is 8.04. The van der Waals surface area contributed by atoms with Crippen LogP contribution in [0.25, 0.3) is 0 Å². The molecule has 20 heavy (non-hydrogen) atoms. The van der Waals surface area contributed by atoms with Crippen molar-refractivity contribution in [2.45, 2.75) is 45.6 Å². The SMILES string of the molecule is CCCNCCCCn1ncc(N2CCCC2)cc1=O. The molecule has 0 amide bonds. The van der Waals surface area contributed by atoms with Crippen molar-refractivity contribution in [2.24, 2.45) is 0 Å². The average Bonchev–Trinajstić information content (AvgIpc) is 2.98. The van der Waals surface area contributed by atoms with Gasteiger partial charge in [0.15, 0.2) is 0 Å². The van der Waals surface area contributed by atoms with Gasteiger partial charge in [-0.15, -0.1) is 0 Å². The Labute approximate surface area is 121 Å². The highest BCUT2D eigenvalue weighted by molar-refractivity contribution is 5.43. The molecule has 0 bridgehead atoms. The van der Waals surface area contributed by atoms with E-state index in [9.17, 15) is 4.79 Å². The summed E-state index contributed by atoms with van der Waals surface area (Å²) in [5.74, 6) is 0. The molecule has 1 fully saturated rings. The van der Waals surface area contributed by atoms with E-state index in [1.807, 2.05) is 6.20 Å². The Balaban J connectivity index is 1.79. The van der Waals surface area contributed by atoms with Crippen LogP contribution < -0.4 is 15.8 Å². The zero-order valence-electron chi connectivity index (χ0n) is 12.5. The normalized spacial score (nSPS) is 14.9. The number of nitrogens with one attached hydrogen (secondary N) is 1. The topological polar surface area (TPSA) is 50.2 Å². The quantitative estimate of drug-likeness (QED) is 0.734. The Morgan fingerprint density at radius 2 is 2.05 bits per heavy atom. The van der Waals surface area contributed by atoms with Crippen molar-refractivity contribution in [3.8, 4) is 0 Å². The lowest BCUT2D eigenvalue weighted by molar-refractivity contribution is 0.515. The van der Waals surface area contributed by atoms with Gasteiger partial charge in [0.2, 0.25) is 0 Å². The molecule has 1 aromatic heterocycles. The first-order valence-electron chi connectivity index (χ1n) is 7.84. The zero-order chi connectivity index (χ0) is 14.2. The van der Waals surface area contributed by atoms with Gasteiger partial charge < -0.3 is 10.2 Å². The molecule has 5 nitrogen and oxygen atoms in total. The van der Waals surface area contributed by atoms with Gasteiger partial charge in [0, 0.05) is 25.7 Å². The smallest absolute Gasteiger partial charge is 0.268 e. The molecule has 1 aromatic rings. The molecule has 1 saturated heterocycles. The molecule has 0 radical (unpaired) electrons. The predicted octanol–water partition coefficient (Wildman–Crippen LogP) is 1.62.